The molecule has 1 unspecified atom stereocenters. The first kappa shape index (κ1) is 18.5. The van der Waals surface area contributed by atoms with Crippen LogP contribution in [0.2, 0.25) is 5.02 Å². The molecule has 24 heavy (non-hydrogen) atoms. The lowest BCUT2D eigenvalue weighted by atomic mass is 10.2. The minimum absolute atomic E-state index is 0.285. The lowest BCUT2D eigenvalue weighted by molar-refractivity contribution is -0.122. The van der Waals surface area contributed by atoms with Crippen molar-refractivity contribution in [1.82, 2.24) is 5.32 Å². The third kappa shape index (κ3) is 4.82. The predicted octanol–water partition coefficient (Wildman–Crippen LogP) is 3.42. The Morgan fingerprint density at radius 2 is 1.75 bits per heavy atom. The molecule has 0 aromatic heterocycles. The molecule has 0 saturated heterocycles. The first-order valence-electron chi connectivity index (χ1n) is 7.55. The number of rotatable bonds is 7. The average Bonchev–Trinajstić information content (AvgIpc) is 2.59. The summed E-state index contributed by atoms with van der Waals surface area (Å²) in [7, 11) is -1.49. The third-order valence-electron chi connectivity index (χ3n) is 3.44. The maximum atomic E-state index is 12.6. The number of nitrogens with one attached hydrogen (secondary N) is 1. The second-order valence-electron chi connectivity index (χ2n) is 5.65. The van der Waals surface area contributed by atoms with Crippen molar-refractivity contribution >= 4 is 28.3 Å². The number of para-hydroxylation sites is 1. The molecule has 1 atom stereocenters. The largest absolute Gasteiger partial charge is 0.492 e. The molecule has 2 aromatic carbocycles. The smallest absolute Gasteiger partial charge is 0.238 e. The van der Waals surface area contributed by atoms with Crippen LogP contribution in [0.4, 0.5) is 0 Å². The van der Waals surface area contributed by atoms with E-state index in [9.17, 15) is 9.00 Å². The molecule has 0 saturated carbocycles. The summed E-state index contributed by atoms with van der Waals surface area (Å²) in [6.07, 6.45) is 0. The van der Waals surface area contributed by atoms with Crippen molar-refractivity contribution in [2.75, 3.05) is 13.2 Å². The maximum absolute atomic E-state index is 12.6. The Kier molecular flexibility index (Phi) is 6.40. The molecule has 0 fully saturated rings. The van der Waals surface area contributed by atoms with Gasteiger partial charge in [-0.25, -0.2) is 0 Å². The molecule has 0 bridgehead atoms. The Hall–Kier alpha value is -1.85. The second-order valence-corrected chi connectivity index (χ2v) is 8.12. The van der Waals surface area contributed by atoms with Crippen LogP contribution in [-0.2, 0) is 15.6 Å². The summed E-state index contributed by atoms with van der Waals surface area (Å²) < 4.78 is 17.1. The summed E-state index contributed by atoms with van der Waals surface area (Å²) in [5.74, 6) is 0.461. The highest BCUT2D eigenvalue weighted by atomic mass is 35.5. The molecule has 1 amide bonds. The number of hydrogen-bond donors (Lipinski definition) is 1. The van der Waals surface area contributed by atoms with Gasteiger partial charge in [-0.15, -0.1) is 0 Å². The van der Waals surface area contributed by atoms with Gasteiger partial charge in [-0.2, -0.15) is 0 Å². The van der Waals surface area contributed by atoms with Gasteiger partial charge in [0, 0.05) is 9.92 Å². The van der Waals surface area contributed by atoms with Crippen molar-refractivity contribution in [3.63, 3.8) is 0 Å². The van der Waals surface area contributed by atoms with E-state index < -0.39 is 15.5 Å². The first-order valence-corrected chi connectivity index (χ1v) is 9.07. The summed E-state index contributed by atoms with van der Waals surface area (Å²) in [6, 6.07) is 16.0. The Morgan fingerprint density at radius 1 is 1.12 bits per heavy atom. The molecule has 1 N–H and O–H groups in total. The van der Waals surface area contributed by atoms with E-state index in [4.69, 9.17) is 16.3 Å². The van der Waals surface area contributed by atoms with Gasteiger partial charge in [-0.3, -0.25) is 9.00 Å². The quantitative estimate of drug-likeness (QED) is 0.765. The number of benzene rings is 2. The number of hydrogen-bond acceptors (Lipinski definition) is 3. The molecule has 0 radical (unpaired) electrons. The topological polar surface area (TPSA) is 55.4 Å². The van der Waals surface area contributed by atoms with Crippen molar-refractivity contribution in [3.8, 4) is 5.75 Å². The molecule has 2 rings (SSSR count). The first-order chi connectivity index (χ1) is 11.4. The van der Waals surface area contributed by atoms with E-state index in [1.807, 2.05) is 30.3 Å². The zero-order chi connectivity index (χ0) is 17.6. The van der Waals surface area contributed by atoms with Crippen LogP contribution in [0.1, 0.15) is 13.8 Å². The van der Waals surface area contributed by atoms with Crippen LogP contribution in [0.3, 0.4) is 0 Å². The van der Waals surface area contributed by atoms with Crippen LogP contribution in [0.25, 0.3) is 0 Å². The molecule has 0 heterocycles. The SMILES string of the molecule is CC(C)(C(=O)NCCOc1ccccc1)S(=O)c1ccc(Cl)cc1. The van der Waals surface area contributed by atoms with E-state index in [0.29, 0.717) is 23.1 Å². The zero-order valence-electron chi connectivity index (χ0n) is 13.6. The van der Waals surface area contributed by atoms with Crippen LogP contribution >= 0.6 is 11.6 Å². The van der Waals surface area contributed by atoms with Gasteiger partial charge in [0.15, 0.2) is 0 Å². The third-order valence-corrected chi connectivity index (χ3v) is 5.50. The summed E-state index contributed by atoms with van der Waals surface area (Å²) in [4.78, 5) is 12.9. The lowest BCUT2D eigenvalue weighted by Crippen LogP contribution is -2.46. The van der Waals surface area contributed by atoms with Gasteiger partial charge in [0.25, 0.3) is 0 Å². The van der Waals surface area contributed by atoms with Gasteiger partial charge < -0.3 is 10.1 Å². The number of halogens is 1. The summed E-state index contributed by atoms with van der Waals surface area (Å²) >= 11 is 5.84. The Morgan fingerprint density at radius 3 is 2.38 bits per heavy atom. The van der Waals surface area contributed by atoms with Gasteiger partial charge in [0.2, 0.25) is 5.91 Å². The van der Waals surface area contributed by atoms with Crippen LogP contribution in [0.15, 0.2) is 59.5 Å². The van der Waals surface area contributed by atoms with Crippen LogP contribution in [0, 0.1) is 0 Å². The van der Waals surface area contributed by atoms with Crippen molar-refractivity contribution < 1.29 is 13.7 Å². The molecule has 2 aromatic rings. The van der Waals surface area contributed by atoms with E-state index in [2.05, 4.69) is 5.32 Å². The molecule has 4 nitrogen and oxygen atoms in total. The molecular formula is C18H20ClNO3S. The summed E-state index contributed by atoms with van der Waals surface area (Å²) in [6.45, 7) is 4.00. The molecule has 0 spiro atoms. The van der Waals surface area contributed by atoms with Gasteiger partial charge in [0.05, 0.1) is 17.3 Å². The molecule has 128 valence electrons. The van der Waals surface area contributed by atoms with E-state index in [0.717, 1.165) is 5.75 Å². The normalized spacial score (nSPS) is 12.5. The Bertz CT molecular complexity index is 702. The van der Waals surface area contributed by atoms with Crippen molar-refractivity contribution in [2.45, 2.75) is 23.5 Å². The molecule has 0 aliphatic carbocycles. The number of carbonyl (C=O) groups excluding carboxylic acids is 1. The maximum Gasteiger partial charge on any atom is 0.238 e. The highest BCUT2D eigenvalue weighted by molar-refractivity contribution is 7.87. The van der Waals surface area contributed by atoms with Crippen LogP contribution < -0.4 is 10.1 Å². The van der Waals surface area contributed by atoms with Gasteiger partial charge in [-0.05, 0) is 50.2 Å². The van der Waals surface area contributed by atoms with Crippen LogP contribution in [-0.4, -0.2) is 28.0 Å². The molecule has 0 aliphatic rings. The highest BCUT2D eigenvalue weighted by Gasteiger charge is 2.35. The standard InChI is InChI=1S/C18H20ClNO3S/c1-18(2,24(22)16-10-8-14(19)9-11-16)17(21)20-12-13-23-15-6-4-3-5-7-15/h3-11H,12-13H2,1-2H3,(H,20,21). The van der Waals surface area contributed by atoms with Crippen molar-refractivity contribution in [2.24, 2.45) is 0 Å². The number of ether oxygens (including phenoxy) is 1. The molecule has 0 aliphatic heterocycles. The van der Waals surface area contributed by atoms with E-state index >= 15 is 0 Å². The van der Waals surface area contributed by atoms with Crippen LogP contribution in [0.5, 0.6) is 5.75 Å². The minimum atomic E-state index is -1.49. The average molecular weight is 366 g/mol. The van der Waals surface area contributed by atoms with Gasteiger partial charge in [-0.1, -0.05) is 29.8 Å². The predicted molar refractivity (Wildman–Crippen MR) is 96.9 cm³/mol. The number of carbonyl (C=O) groups is 1. The molecular weight excluding hydrogens is 346 g/mol. The van der Waals surface area contributed by atoms with Crippen molar-refractivity contribution in [3.05, 3.63) is 59.6 Å². The van der Waals surface area contributed by atoms with E-state index in [1.54, 1.807) is 38.1 Å². The zero-order valence-corrected chi connectivity index (χ0v) is 15.2. The van der Waals surface area contributed by atoms with E-state index in [-0.39, 0.29) is 5.91 Å². The fourth-order valence-corrected chi connectivity index (χ4v) is 3.34. The number of amides is 1. The lowest BCUT2D eigenvalue weighted by Gasteiger charge is -2.23. The van der Waals surface area contributed by atoms with Crippen molar-refractivity contribution in [1.29, 1.82) is 0 Å². The Labute approximate surface area is 149 Å². The fourth-order valence-electron chi connectivity index (χ4n) is 2.00. The molecule has 6 heteroatoms. The summed E-state index contributed by atoms with van der Waals surface area (Å²) in [5.41, 5.74) is 0. The summed E-state index contributed by atoms with van der Waals surface area (Å²) in [5, 5.41) is 3.34. The van der Waals surface area contributed by atoms with Gasteiger partial charge >= 0.3 is 0 Å². The van der Waals surface area contributed by atoms with E-state index in [1.165, 1.54) is 0 Å². The monoisotopic (exact) mass is 365 g/mol. The minimum Gasteiger partial charge on any atom is -0.492 e. The second kappa shape index (κ2) is 8.31. The highest BCUT2D eigenvalue weighted by Crippen LogP contribution is 2.22. The van der Waals surface area contributed by atoms with Gasteiger partial charge in [0.1, 0.15) is 17.1 Å². The Balaban J connectivity index is 1.87. The fraction of sp³-hybridized carbons (Fsp3) is 0.278.